The van der Waals surface area contributed by atoms with Crippen LogP contribution in [0.3, 0.4) is 0 Å². The molecule has 1 aliphatic heterocycles. The number of nitrogens with zero attached hydrogens (tertiary/aromatic N) is 2. The predicted molar refractivity (Wildman–Crippen MR) is 96.6 cm³/mol. The lowest BCUT2D eigenvalue weighted by Gasteiger charge is -2.12. The van der Waals surface area contributed by atoms with Crippen LogP contribution in [0.2, 0.25) is 0 Å². The van der Waals surface area contributed by atoms with Crippen molar-refractivity contribution in [3.05, 3.63) is 56.1 Å². The molecular weight excluding hydrogens is 432 g/mol. The van der Waals surface area contributed by atoms with E-state index in [4.69, 9.17) is 0 Å². The Kier molecular flexibility index (Phi) is 3.83. The van der Waals surface area contributed by atoms with Gasteiger partial charge in [0.25, 0.3) is 15.9 Å². The van der Waals surface area contributed by atoms with Crippen LogP contribution < -0.4 is 0 Å². The zero-order valence-electron chi connectivity index (χ0n) is 12.0. The summed E-state index contributed by atoms with van der Waals surface area (Å²) in [5.41, 5.74) is 1.00. The number of carbonyl (C=O) groups excluding carboxylic acids is 1. The molecule has 1 aromatic carbocycles. The zero-order chi connectivity index (χ0) is 16.9. The largest absolute Gasteiger partial charge is 0.269 e. The first-order valence-electron chi connectivity index (χ1n) is 6.83. The average molecular weight is 441 g/mol. The Morgan fingerprint density at radius 2 is 1.96 bits per heavy atom. The van der Waals surface area contributed by atoms with Gasteiger partial charge >= 0.3 is 0 Å². The molecule has 0 aliphatic carbocycles. The molecule has 1 aliphatic rings. The number of carbonyl (C=O) groups is 1. The highest BCUT2D eigenvalue weighted by Crippen LogP contribution is 2.34. The Labute approximate surface area is 154 Å². The summed E-state index contributed by atoms with van der Waals surface area (Å²) in [5.74, 6) is -0.499. The van der Waals surface area contributed by atoms with Crippen molar-refractivity contribution in [2.75, 3.05) is 0 Å². The van der Waals surface area contributed by atoms with Crippen LogP contribution in [0, 0.1) is 0 Å². The van der Waals surface area contributed by atoms with Crippen molar-refractivity contribution in [2.45, 2.75) is 11.4 Å². The van der Waals surface area contributed by atoms with E-state index in [-0.39, 0.29) is 17.0 Å². The van der Waals surface area contributed by atoms with Gasteiger partial charge in [0.2, 0.25) is 0 Å². The maximum atomic E-state index is 12.6. The van der Waals surface area contributed by atoms with E-state index < -0.39 is 15.9 Å². The minimum atomic E-state index is -3.80. The van der Waals surface area contributed by atoms with Crippen LogP contribution >= 0.6 is 38.6 Å². The smallest absolute Gasteiger partial charge is 0.268 e. The number of aromatic nitrogens is 1. The first-order chi connectivity index (χ1) is 11.5. The van der Waals surface area contributed by atoms with Gasteiger partial charge in [0, 0.05) is 5.38 Å². The molecule has 0 N–H and O–H groups in total. The van der Waals surface area contributed by atoms with Gasteiger partial charge in [-0.1, -0.05) is 12.1 Å². The first-order valence-corrected chi connectivity index (χ1v) is 10.8. The minimum Gasteiger partial charge on any atom is -0.268 e. The molecule has 0 fully saturated rings. The topological polar surface area (TPSA) is 67.3 Å². The SMILES string of the molecule is O=C1c2ccccc2S(=O)(=O)N1Cc1nc(-c2ccc(Br)s2)cs1. The standard InChI is InChI=1S/C15H9BrN2O3S3/c16-13-6-5-11(23-13)10-8-22-14(17-10)7-18-15(19)9-3-1-2-4-12(9)24(18,20)21/h1-6,8H,7H2. The van der Waals surface area contributed by atoms with Crippen LogP contribution in [0.1, 0.15) is 15.4 Å². The van der Waals surface area contributed by atoms with E-state index in [0.29, 0.717) is 5.01 Å². The van der Waals surface area contributed by atoms with Gasteiger partial charge in [-0.25, -0.2) is 17.7 Å². The summed E-state index contributed by atoms with van der Waals surface area (Å²) in [7, 11) is -3.80. The summed E-state index contributed by atoms with van der Waals surface area (Å²) in [4.78, 5) is 17.9. The summed E-state index contributed by atoms with van der Waals surface area (Å²) in [6.07, 6.45) is 0. The van der Waals surface area contributed by atoms with Gasteiger partial charge < -0.3 is 0 Å². The zero-order valence-corrected chi connectivity index (χ0v) is 16.0. The van der Waals surface area contributed by atoms with Gasteiger partial charge in [-0.05, 0) is 40.2 Å². The van der Waals surface area contributed by atoms with Crippen LogP contribution in [0.15, 0.2) is 50.5 Å². The maximum Gasteiger partial charge on any atom is 0.269 e. The number of hydrogen-bond donors (Lipinski definition) is 0. The Balaban J connectivity index is 1.65. The lowest BCUT2D eigenvalue weighted by Crippen LogP contribution is -2.29. The van der Waals surface area contributed by atoms with Crippen molar-refractivity contribution in [2.24, 2.45) is 0 Å². The third-order valence-corrected chi connectivity index (χ3v) is 7.84. The number of rotatable bonds is 3. The summed E-state index contributed by atoms with van der Waals surface area (Å²) < 4.78 is 27.0. The number of halogens is 1. The second-order valence-corrected chi connectivity index (χ2v) is 10.3. The second kappa shape index (κ2) is 5.76. The van der Waals surface area contributed by atoms with Crippen LogP contribution in [-0.4, -0.2) is 23.6 Å². The first kappa shape index (κ1) is 15.9. The molecule has 0 atom stereocenters. The molecule has 9 heteroatoms. The fourth-order valence-electron chi connectivity index (χ4n) is 2.46. The normalized spacial score (nSPS) is 15.7. The van der Waals surface area contributed by atoms with E-state index in [2.05, 4.69) is 20.9 Å². The van der Waals surface area contributed by atoms with Gasteiger partial charge in [-0.15, -0.1) is 22.7 Å². The highest BCUT2D eigenvalue weighted by molar-refractivity contribution is 9.11. The highest BCUT2D eigenvalue weighted by atomic mass is 79.9. The van der Waals surface area contributed by atoms with E-state index in [1.807, 2.05) is 17.5 Å². The Morgan fingerprint density at radius 3 is 2.67 bits per heavy atom. The Bertz CT molecular complexity index is 1060. The third kappa shape index (κ3) is 2.52. The molecule has 122 valence electrons. The Hall–Kier alpha value is -1.55. The van der Waals surface area contributed by atoms with Crippen LogP contribution in [0.5, 0.6) is 0 Å². The molecule has 4 rings (SSSR count). The molecule has 3 aromatic rings. The van der Waals surface area contributed by atoms with Crippen molar-refractivity contribution < 1.29 is 13.2 Å². The summed E-state index contributed by atoms with van der Waals surface area (Å²) in [6.45, 7) is -0.0486. The van der Waals surface area contributed by atoms with Gasteiger partial charge in [0.05, 0.1) is 26.5 Å². The number of thiophene rings is 1. The lowest BCUT2D eigenvalue weighted by atomic mass is 10.2. The van der Waals surface area contributed by atoms with Crippen molar-refractivity contribution in [1.29, 1.82) is 0 Å². The molecule has 0 bridgehead atoms. The van der Waals surface area contributed by atoms with Crippen molar-refractivity contribution in [3.8, 4) is 10.6 Å². The number of amides is 1. The Morgan fingerprint density at radius 1 is 1.17 bits per heavy atom. The molecule has 0 saturated heterocycles. The molecule has 24 heavy (non-hydrogen) atoms. The fraction of sp³-hybridized carbons (Fsp3) is 0.0667. The molecule has 5 nitrogen and oxygen atoms in total. The van der Waals surface area contributed by atoms with E-state index >= 15 is 0 Å². The minimum absolute atomic E-state index is 0.0486. The van der Waals surface area contributed by atoms with E-state index in [9.17, 15) is 13.2 Å². The number of fused-ring (bicyclic) bond motifs is 1. The number of sulfonamides is 1. The number of benzene rings is 1. The molecular formula is C15H9BrN2O3S3. The van der Waals surface area contributed by atoms with Crippen molar-refractivity contribution >= 4 is 54.5 Å². The summed E-state index contributed by atoms with van der Waals surface area (Å²) in [6, 6.07) is 10.1. The van der Waals surface area contributed by atoms with Crippen molar-refractivity contribution in [3.63, 3.8) is 0 Å². The molecule has 0 saturated carbocycles. The number of thiazole rings is 1. The summed E-state index contributed by atoms with van der Waals surface area (Å²) in [5, 5.41) is 2.45. The van der Waals surface area contributed by atoms with Gasteiger partial charge in [0.1, 0.15) is 9.90 Å². The molecule has 1 amide bonds. The number of hydrogen-bond acceptors (Lipinski definition) is 6. The predicted octanol–water partition coefficient (Wildman–Crippen LogP) is 3.98. The quantitative estimate of drug-likeness (QED) is 0.617. The van der Waals surface area contributed by atoms with E-state index in [1.54, 1.807) is 23.5 Å². The molecule has 0 radical (unpaired) electrons. The van der Waals surface area contributed by atoms with Crippen LogP contribution in [0.4, 0.5) is 0 Å². The van der Waals surface area contributed by atoms with E-state index in [0.717, 1.165) is 18.7 Å². The monoisotopic (exact) mass is 440 g/mol. The molecule has 0 spiro atoms. The molecule has 2 aromatic heterocycles. The van der Waals surface area contributed by atoms with Crippen LogP contribution in [-0.2, 0) is 16.6 Å². The van der Waals surface area contributed by atoms with E-state index in [1.165, 1.54) is 23.5 Å². The molecule has 3 heterocycles. The summed E-state index contributed by atoms with van der Waals surface area (Å²) >= 11 is 6.30. The molecule has 0 unspecified atom stereocenters. The van der Waals surface area contributed by atoms with Gasteiger partial charge in [-0.3, -0.25) is 4.79 Å². The lowest BCUT2D eigenvalue weighted by molar-refractivity contribution is 0.0865. The third-order valence-electron chi connectivity index (χ3n) is 3.57. The maximum absolute atomic E-state index is 12.6. The highest BCUT2D eigenvalue weighted by Gasteiger charge is 2.41. The average Bonchev–Trinajstić information content (AvgIpc) is 3.24. The van der Waals surface area contributed by atoms with Crippen LogP contribution in [0.25, 0.3) is 10.6 Å². The van der Waals surface area contributed by atoms with Gasteiger partial charge in [-0.2, -0.15) is 0 Å². The van der Waals surface area contributed by atoms with Crippen molar-refractivity contribution in [1.82, 2.24) is 9.29 Å². The fourth-order valence-corrected chi connectivity index (χ4v) is 6.27. The van der Waals surface area contributed by atoms with Gasteiger partial charge in [0.15, 0.2) is 0 Å². The second-order valence-electron chi connectivity index (χ2n) is 5.04.